The second-order valence-corrected chi connectivity index (χ2v) is 8.81. The van der Waals surface area contributed by atoms with Gasteiger partial charge in [0, 0.05) is 67.0 Å². The zero-order valence-corrected chi connectivity index (χ0v) is 20.1. The van der Waals surface area contributed by atoms with E-state index in [4.69, 9.17) is 0 Å². The predicted molar refractivity (Wildman–Crippen MR) is 142 cm³/mol. The Bertz CT molecular complexity index is 1390. The van der Waals surface area contributed by atoms with E-state index in [1.807, 2.05) is 47.5 Å². The van der Waals surface area contributed by atoms with Gasteiger partial charge in [0.05, 0.1) is 17.4 Å². The molecule has 1 saturated heterocycles. The van der Waals surface area contributed by atoms with Gasteiger partial charge in [-0.1, -0.05) is 18.7 Å². The van der Waals surface area contributed by atoms with Crippen molar-refractivity contribution in [2.45, 2.75) is 25.4 Å². The van der Waals surface area contributed by atoms with Crippen molar-refractivity contribution in [3.8, 4) is 11.1 Å². The largest absolute Gasteiger partial charge is 0.346 e. The standard InChI is InChI=1S/C16H12N4.C12H19N3/c1-2-11-9-19-20-7-5-12(8-15(11)20)14-10-18-16-13(14)4-3-6-17-16;1-13-11-5-8-15(9-6-11)10-12-4-2-3-7-14-12/h2-10H,1H2,(H,17,18);2-4,7,11,13H,5-6,8-10H2,1H3. The number of pyridine rings is 3. The Morgan fingerprint density at radius 2 is 1.97 bits per heavy atom. The van der Waals surface area contributed by atoms with Crippen molar-refractivity contribution >= 4 is 22.6 Å². The van der Waals surface area contributed by atoms with E-state index in [1.165, 1.54) is 31.6 Å². The van der Waals surface area contributed by atoms with Crippen molar-refractivity contribution in [3.05, 3.63) is 91.3 Å². The van der Waals surface area contributed by atoms with E-state index in [9.17, 15) is 0 Å². The molecule has 7 nitrogen and oxygen atoms in total. The number of nitrogens with one attached hydrogen (secondary N) is 2. The third kappa shape index (κ3) is 5.16. The molecule has 0 atom stereocenters. The lowest BCUT2D eigenvalue weighted by Crippen LogP contribution is -2.40. The summed E-state index contributed by atoms with van der Waals surface area (Å²) in [6.45, 7) is 7.19. The third-order valence-electron chi connectivity index (χ3n) is 6.64. The molecule has 6 heterocycles. The molecule has 178 valence electrons. The van der Waals surface area contributed by atoms with Crippen molar-refractivity contribution in [2.75, 3.05) is 20.1 Å². The van der Waals surface area contributed by atoms with Gasteiger partial charge in [0.25, 0.3) is 0 Å². The molecule has 1 aliphatic heterocycles. The van der Waals surface area contributed by atoms with Gasteiger partial charge in [-0.25, -0.2) is 9.50 Å². The molecular weight excluding hydrogens is 434 g/mol. The molecule has 35 heavy (non-hydrogen) atoms. The first-order chi connectivity index (χ1) is 17.2. The second kappa shape index (κ2) is 10.6. The van der Waals surface area contributed by atoms with Crippen molar-refractivity contribution in [1.82, 2.24) is 34.8 Å². The Morgan fingerprint density at radius 1 is 1.11 bits per heavy atom. The summed E-state index contributed by atoms with van der Waals surface area (Å²) in [5, 5.41) is 8.77. The monoisotopic (exact) mass is 465 g/mol. The van der Waals surface area contributed by atoms with Gasteiger partial charge >= 0.3 is 0 Å². The number of fused-ring (bicyclic) bond motifs is 2. The highest BCUT2D eigenvalue weighted by molar-refractivity contribution is 5.94. The van der Waals surface area contributed by atoms with E-state index in [0.717, 1.165) is 39.8 Å². The number of hydrogen-bond acceptors (Lipinski definition) is 5. The Balaban J connectivity index is 0.000000152. The van der Waals surface area contributed by atoms with Crippen LogP contribution in [0, 0.1) is 0 Å². The summed E-state index contributed by atoms with van der Waals surface area (Å²) in [5.41, 5.74) is 6.45. The first kappa shape index (κ1) is 23.0. The molecule has 0 bridgehead atoms. The van der Waals surface area contributed by atoms with E-state index in [-0.39, 0.29) is 0 Å². The molecule has 0 spiro atoms. The van der Waals surface area contributed by atoms with Crippen LogP contribution in [0.4, 0.5) is 0 Å². The molecule has 0 amide bonds. The fourth-order valence-electron chi connectivity index (χ4n) is 4.62. The normalized spacial score (nSPS) is 14.7. The molecule has 0 radical (unpaired) electrons. The number of hydrogen-bond donors (Lipinski definition) is 2. The molecule has 7 heteroatoms. The maximum Gasteiger partial charge on any atom is 0.137 e. The molecule has 5 aromatic heterocycles. The van der Waals surface area contributed by atoms with Crippen LogP contribution in [-0.2, 0) is 6.54 Å². The summed E-state index contributed by atoms with van der Waals surface area (Å²) < 4.78 is 1.85. The van der Waals surface area contributed by atoms with Crippen LogP contribution in [0.2, 0.25) is 0 Å². The Labute approximate surface area is 205 Å². The highest BCUT2D eigenvalue weighted by Crippen LogP contribution is 2.29. The lowest BCUT2D eigenvalue weighted by atomic mass is 10.1. The summed E-state index contributed by atoms with van der Waals surface area (Å²) >= 11 is 0. The van der Waals surface area contributed by atoms with E-state index in [1.54, 1.807) is 6.20 Å². The van der Waals surface area contributed by atoms with Gasteiger partial charge in [0.2, 0.25) is 0 Å². The number of nitrogens with zero attached hydrogens (tertiary/aromatic N) is 5. The van der Waals surface area contributed by atoms with Crippen LogP contribution < -0.4 is 5.32 Å². The van der Waals surface area contributed by atoms with Crippen LogP contribution in [-0.4, -0.2) is 55.6 Å². The molecule has 0 aliphatic carbocycles. The second-order valence-electron chi connectivity index (χ2n) is 8.81. The zero-order valence-electron chi connectivity index (χ0n) is 20.1. The highest BCUT2D eigenvalue weighted by atomic mass is 15.2. The molecule has 1 aliphatic rings. The van der Waals surface area contributed by atoms with Crippen molar-refractivity contribution < 1.29 is 0 Å². The summed E-state index contributed by atoms with van der Waals surface area (Å²) in [5.74, 6) is 0. The Morgan fingerprint density at radius 3 is 2.74 bits per heavy atom. The minimum absolute atomic E-state index is 0.713. The zero-order chi connectivity index (χ0) is 24.0. The molecule has 0 aromatic carbocycles. The van der Waals surface area contributed by atoms with Gasteiger partial charge in [0.15, 0.2) is 0 Å². The van der Waals surface area contributed by atoms with Crippen LogP contribution in [0.5, 0.6) is 0 Å². The van der Waals surface area contributed by atoms with Crippen LogP contribution in [0.1, 0.15) is 24.1 Å². The number of likely N-dealkylation sites (tertiary alicyclic amines) is 1. The number of aromatic nitrogens is 5. The average molecular weight is 466 g/mol. The predicted octanol–water partition coefficient (Wildman–Crippen LogP) is 4.79. The van der Waals surface area contributed by atoms with Gasteiger partial charge in [-0.3, -0.25) is 9.88 Å². The fourth-order valence-corrected chi connectivity index (χ4v) is 4.62. The van der Waals surface area contributed by atoms with Crippen LogP contribution in [0.15, 0.2) is 80.0 Å². The van der Waals surface area contributed by atoms with Crippen LogP contribution >= 0.6 is 0 Å². The molecule has 2 N–H and O–H groups in total. The molecule has 1 fully saturated rings. The Kier molecular flexibility index (Phi) is 6.97. The van der Waals surface area contributed by atoms with Crippen molar-refractivity contribution in [3.63, 3.8) is 0 Å². The summed E-state index contributed by atoms with van der Waals surface area (Å²) in [7, 11) is 2.05. The fraction of sp³-hybridized carbons (Fsp3) is 0.250. The summed E-state index contributed by atoms with van der Waals surface area (Å²) in [6.07, 6.45) is 13.8. The van der Waals surface area contributed by atoms with Gasteiger partial charge in [-0.2, -0.15) is 5.10 Å². The number of aromatic amines is 1. The molecule has 5 aromatic rings. The molecule has 0 unspecified atom stereocenters. The van der Waals surface area contributed by atoms with Crippen molar-refractivity contribution in [1.29, 1.82) is 0 Å². The van der Waals surface area contributed by atoms with Crippen molar-refractivity contribution in [2.24, 2.45) is 0 Å². The van der Waals surface area contributed by atoms with Gasteiger partial charge in [0.1, 0.15) is 5.65 Å². The number of piperidine rings is 1. The van der Waals surface area contributed by atoms with Crippen LogP contribution in [0.25, 0.3) is 33.8 Å². The van der Waals surface area contributed by atoms with E-state index < -0.39 is 0 Å². The van der Waals surface area contributed by atoms with Crippen LogP contribution in [0.3, 0.4) is 0 Å². The minimum atomic E-state index is 0.713. The smallest absolute Gasteiger partial charge is 0.137 e. The first-order valence-electron chi connectivity index (χ1n) is 12.1. The molecular formula is C28H31N7. The number of H-pyrrole nitrogens is 1. The first-order valence-corrected chi connectivity index (χ1v) is 12.1. The lowest BCUT2D eigenvalue weighted by molar-refractivity contribution is 0.192. The van der Waals surface area contributed by atoms with E-state index >= 15 is 0 Å². The summed E-state index contributed by atoms with van der Waals surface area (Å²) in [4.78, 5) is 14.4. The Hall–Kier alpha value is -3.81. The maximum absolute atomic E-state index is 4.35. The number of rotatable bonds is 5. The lowest BCUT2D eigenvalue weighted by Gasteiger charge is -2.31. The molecule has 6 rings (SSSR count). The topological polar surface area (TPSA) is 74.1 Å². The van der Waals surface area contributed by atoms with E-state index in [0.29, 0.717) is 6.04 Å². The highest BCUT2D eigenvalue weighted by Gasteiger charge is 2.17. The molecule has 0 saturated carbocycles. The van der Waals surface area contributed by atoms with Gasteiger partial charge in [-0.15, -0.1) is 0 Å². The quantitative estimate of drug-likeness (QED) is 0.391. The van der Waals surface area contributed by atoms with Gasteiger partial charge in [-0.05, 0) is 61.9 Å². The summed E-state index contributed by atoms with van der Waals surface area (Å²) in [6, 6.07) is 15.0. The third-order valence-corrected chi connectivity index (χ3v) is 6.64. The maximum atomic E-state index is 4.35. The van der Waals surface area contributed by atoms with Gasteiger partial charge < -0.3 is 10.3 Å². The minimum Gasteiger partial charge on any atom is -0.346 e. The SMILES string of the molecule is C=Cc1cnn2ccc(-c3c[nH]c4ncccc34)cc12.CNC1CCN(Cc2ccccn2)CC1. The van der Waals surface area contributed by atoms with E-state index in [2.05, 4.69) is 74.2 Å². The average Bonchev–Trinajstić information content (AvgIpc) is 3.54.